The molecule has 0 aliphatic carbocycles. The summed E-state index contributed by atoms with van der Waals surface area (Å²) in [5, 5.41) is 10.5. The van der Waals surface area contributed by atoms with E-state index in [4.69, 9.17) is 18.6 Å². The molecule has 1 aliphatic heterocycles. The van der Waals surface area contributed by atoms with E-state index in [1.165, 1.54) is 37.8 Å². The number of nitrogens with one attached hydrogen (secondary N) is 1. The lowest BCUT2D eigenvalue weighted by Crippen LogP contribution is -2.43. The molecule has 0 spiro atoms. The Morgan fingerprint density at radius 3 is 2.29 bits per heavy atom. The van der Waals surface area contributed by atoms with E-state index in [9.17, 15) is 13.2 Å². The van der Waals surface area contributed by atoms with Gasteiger partial charge in [0.15, 0.2) is 0 Å². The molecule has 1 amide bonds. The molecular weight excluding hydrogens is 476 g/mol. The van der Waals surface area contributed by atoms with Crippen LogP contribution in [0.4, 0.5) is 6.01 Å². The fourth-order valence-corrected chi connectivity index (χ4v) is 5.32. The Kier molecular flexibility index (Phi) is 7.22. The van der Waals surface area contributed by atoms with Crippen LogP contribution in [-0.4, -0.2) is 63.2 Å². The molecule has 3 aromatic rings. The molecule has 1 fully saturated rings. The normalized spacial score (nSPS) is 16.5. The lowest BCUT2D eigenvalue weighted by molar-refractivity contribution is -0.121. The topological polar surface area (TPSA) is 133 Å². The van der Waals surface area contributed by atoms with Gasteiger partial charge in [0.25, 0.3) is 0 Å². The molecule has 0 radical (unpaired) electrons. The molecule has 2 aromatic carbocycles. The van der Waals surface area contributed by atoms with Gasteiger partial charge >= 0.3 is 6.01 Å². The largest absolute Gasteiger partial charge is 0.497 e. The fourth-order valence-electron chi connectivity index (χ4n) is 3.80. The highest BCUT2D eigenvalue weighted by Gasteiger charge is 2.34. The van der Waals surface area contributed by atoms with Crippen LogP contribution in [0.25, 0.3) is 11.5 Å². The molecule has 186 valence electrons. The van der Waals surface area contributed by atoms with E-state index in [2.05, 4.69) is 15.5 Å². The Labute approximate surface area is 203 Å². The van der Waals surface area contributed by atoms with Gasteiger partial charge in [0.2, 0.25) is 21.8 Å². The zero-order valence-electron chi connectivity index (χ0n) is 19.6. The Morgan fingerprint density at radius 1 is 1.00 bits per heavy atom. The van der Waals surface area contributed by atoms with Gasteiger partial charge in [-0.2, -0.15) is 4.31 Å². The lowest BCUT2D eigenvalue weighted by atomic mass is 9.99. The van der Waals surface area contributed by atoms with Crippen molar-refractivity contribution < 1.29 is 31.8 Å². The third-order valence-corrected chi connectivity index (χ3v) is 7.59. The first-order valence-corrected chi connectivity index (χ1v) is 12.3. The Balaban J connectivity index is 1.45. The summed E-state index contributed by atoms with van der Waals surface area (Å²) >= 11 is 0. The summed E-state index contributed by atoms with van der Waals surface area (Å²) in [6, 6.07) is 11.2. The summed E-state index contributed by atoms with van der Waals surface area (Å²) in [6.07, 6.45) is 1.08. The molecule has 11 nitrogen and oxygen atoms in total. The van der Waals surface area contributed by atoms with Crippen molar-refractivity contribution >= 4 is 21.9 Å². The molecule has 1 aromatic heterocycles. The van der Waals surface area contributed by atoms with Crippen LogP contribution in [0.5, 0.6) is 17.2 Å². The highest BCUT2D eigenvalue weighted by Crippen LogP contribution is 2.30. The smallest absolute Gasteiger partial charge is 0.322 e. The molecule has 35 heavy (non-hydrogen) atoms. The van der Waals surface area contributed by atoms with Gasteiger partial charge < -0.3 is 18.6 Å². The molecule has 4 rings (SSSR count). The zero-order valence-corrected chi connectivity index (χ0v) is 20.4. The number of hydrogen-bond acceptors (Lipinski definition) is 9. The summed E-state index contributed by atoms with van der Waals surface area (Å²) in [5.74, 6) is 0.866. The number of rotatable bonds is 8. The first kappa shape index (κ1) is 24.5. The predicted octanol–water partition coefficient (Wildman–Crippen LogP) is 2.80. The average Bonchev–Trinajstić information content (AvgIpc) is 3.37. The second-order valence-corrected chi connectivity index (χ2v) is 9.82. The second-order valence-electron chi connectivity index (χ2n) is 7.88. The van der Waals surface area contributed by atoms with Crippen molar-refractivity contribution in [2.45, 2.75) is 17.7 Å². The number of piperidine rings is 1. The third kappa shape index (κ3) is 5.38. The summed E-state index contributed by atoms with van der Waals surface area (Å²) in [6.45, 7) is 0.384. The second kappa shape index (κ2) is 10.3. The highest BCUT2D eigenvalue weighted by molar-refractivity contribution is 7.89. The number of ether oxygens (including phenoxy) is 3. The number of methoxy groups -OCH3 is 3. The van der Waals surface area contributed by atoms with Gasteiger partial charge in [-0.1, -0.05) is 5.10 Å². The van der Waals surface area contributed by atoms with E-state index in [-0.39, 0.29) is 23.3 Å². The minimum atomic E-state index is -3.75. The number of sulfonamides is 1. The summed E-state index contributed by atoms with van der Waals surface area (Å²) in [4.78, 5) is 13.0. The maximum Gasteiger partial charge on any atom is 0.322 e. The third-order valence-electron chi connectivity index (χ3n) is 5.71. The van der Waals surface area contributed by atoms with Crippen LogP contribution in [-0.2, 0) is 14.8 Å². The fraction of sp³-hybridized carbons (Fsp3) is 0.348. The number of anilines is 1. The van der Waals surface area contributed by atoms with Gasteiger partial charge in [0.05, 0.1) is 32.1 Å². The van der Waals surface area contributed by atoms with Crippen molar-refractivity contribution in [3.63, 3.8) is 0 Å². The van der Waals surface area contributed by atoms with Crippen molar-refractivity contribution in [2.75, 3.05) is 39.7 Å². The van der Waals surface area contributed by atoms with Crippen molar-refractivity contribution in [2.24, 2.45) is 5.92 Å². The standard InChI is InChI=1S/C23H26N4O7S/c1-31-17-6-8-20(9-7-17)35(29,30)27-10-4-5-15(14-27)21(28)24-23-26-25-22(34-23)16-11-18(32-2)13-19(12-16)33-3/h6-9,11-13,15H,4-5,10,14H2,1-3H3,(H,24,26,28). The van der Waals surface area contributed by atoms with Crippen molar-refractivity contribution in [3.8, 4) is 28.7 Å². The number of amides is 1. The Bertz CT molecular complexity index is 1270. The quantitative estimate of drug-likeness (QED) is 0.493. The minimum Gasteiger partial charge on any atom is -0.497 e. The van der Waals surface area contributed by atoms with E-state index >= 15 is 0 Å². The first-order chi connectivity index (χ1) is 16.8. The molecule has 1 atom stereocenters. The number of benzene rings is 2. The van der Waals surface area contributed by atoms with Gasteiger partial charge in [0, 0.05) is 24.7 Å². The number of aromatic nitrogens is 2. The van der Waals surface area contributed by atoms with Gasteiger partial charge in [0.1, 0.15) is 17.2 Å². The average molecular weight is 503 g/mol. The number of carbonyl (C=O) groups is 1. The monoisotopic (exact) mass is 502 g/mol. The van der Waals surface area contributed by atoms with Crippen LogP contribution in [0.1, 0.15) is 12.8 Å². The summed E-state index contributed by atoms with van der Waals surface area (Å²) < 4.78 is 48.7. The first-order valence-electron chi connectivity index (χ1n) is 10.9. The molecular formula is C23H26N4O7S. The molecule has 12 heteroatoms. The SMILES string of the molecule is COc1ccc(S(=O)(=O)N2CCCC(C(=O)Nc3nnc(-c4cc(OC)cc(OC)c4)o3)C2)cc1. The van der Waals surface area contributed by atoms with E-state index < -0.39 is 21.8 Å². The van der Waals surface area contributed by atoms with Crippen molar-refractivity contribution in [3.05, 3.63) is 42.5 Å². The van der Waals surface area contributed by atoms with Crippen LogP contribution in [0.15, 0.2) is 51.8 Å². The van der Waals surface area contributed by atoms with E-state index in [0.29, 0.717) is 42.2 Å². The van der Waals surface area contributed by atoms with Crippen LogP contribution in [0.3, 0.4) is 0 Å². The van der Waals surface area contributed by atoms with Crippen molar-refractivity contribution in [1.82, 2.24) is 14.5 Å². The van der Waals surface area contributed by atoms with Crippen LogP contribution < -0.4 is 19.5 Å². The van der Waals surface area contributed by atoms with Gasteiger partial charge in [-0.05, 0) is 49.2 Å². The zero-order chi connectivity index (χ0) is 25.0. The van der Waals surface area contributed by atoms with Gasteiger partial charge in [-0.25, -0.2) is 8.42 Å². The highest BCUT2D eigenvalue weighted by atomic mass is 32.2. The summed E-state index contributed by atoms with van der Waals surface area (Å²) in [7, 11) is 0.819. The molecule has 1 saturated heterocycles. The Hall–Kier alpha value is -3.64. The van der Waals surface area contributed by atoms with E-state index in [1.54, 1.807) is 30.3 Å². The molecule has 1 aliphatic rings. The van der Waals surface area contributed by atoms with Gasteiger partial charge in [-0.3, -0.25) is 10.1 Å². The minimum absolute atomic E-state index is 0.0499. The Morgan fingerprint density at radius 2 is 1.66 bits per heavy atom. The number of hydrogen-bond donors (Lipinski definition) is 1. The van der Waals surface area contributed by atoms with E-state index in [1.807, 2.05) is 0 Å². The van der Waals surface area contributed by atoms with Crippen LogP contribution in [0, 0.1) is 5.92 Å². The van der Waals surface area contributed by atoms with Crippen LogP contribution >= 0.6 is 0 Å². The molecule has 0 saturated carbocycles. The van der Waals surface area contributed by atoms with Crippen LogP contribution in [0.2, 0.25) is 0 Å². The summed E-state index contributed by atoms with van der Waals surface area (Å²) in [5.41, 5.74) is 0.559. The molecule has 1 N–H and O–H groups in total. The maximum atomic E-state index is 13.1. The van der Waals surface area contributed by atoms with E-state index in [0.717, 1.165) is 0 Å². The molecule has 1 unspecified atom stereocenters. The number of carbonyl (C=O) groups excluding carboxylic acids is 1. The maximum absolute atomic E-state index is 13.1. The van der Waals surface area contributed by atoms with Crippen molar-refractivity contribution in [1.29, 1.82) is 0 Å². The molecule has 0 bridgehead atoms. The lowest BCUT2D eigenvalue weighted by Gasteiger charge is -2.30. The predicted molar refractivity (Wildman–Crippen MR) is 126 cm³/mol. The number of nitrogens with zero attached hydrogens (tertiary/aromatic N) is 3. The molecule has 2 heterocycles. The van der Waals surface area contributed by atoms with Gasteiger partial charge in [-0.15, -0.1) is 5.10 Å².